The van der Waals surface area contributed by atoms with Gasteiger partial charge < -0.3 is 5.32 Å². The lowest BCUT2D eigenvalue weighted by Crippen LogP contribution is -2.43. The first kappa shape index (κ1) is 6.37. The molecule has 1 saturated heterocycles. The summed E-state index contributed by atoms with van der Waals surface area (Å²) in [5.74, 6) is 0. The Hall–Kier alpha value is -0.350. The van der Waals surface area contributed by atoms with Crippen LogP contribution in [0, 0.1) is 0 Å². The number of aromatic nitrogens is 2. The SMILES string of the molecule is Brc1ccn(C2CNC2)n1. The zero-order chi connectivity index (χ0) is 6.97. The van der Waals surface area contributed by atoms with Crippen molar-refractivity contribution in [3.8, 4) is 0 Å². The van der Waals surface area contributed by atoms with E-state index in [-0.39, 0.29) is 0 Å². The topological polar surface area (TPSA) is 29.9 Å². The molecule has 0 aromatic carbocycles. The van der Waals surface area contributed by atoms with Crippen molar-refractivity contribution in [1.29, 1.82) is 0 Å². The van der Waals surface area contributed by atoms with Gasteiger partial charge in [-0.15, -0.1) is 0 Å². The lowest BCUT2D eigenvalue weighted by atomic mass is 10.2. The fourth-order valence-corrected chi connectivity index (χ4v) is 1.28. The molecule has 1 aromatic heterocycles. The second-order valence-electron chi connectivity index (χ2n) is 2.43. The van der Waals surface area contributed by atoms with Crippen molar-refractivity contribution in [1.82, 2.24) is 15.1 Å². The summed E-state index contributed by atoms with van der Waals surface area (Å²) in [4.78, 5) is 0. The molecular weight excluding hydrogens is 194 g/mol. The monoisotopic (exact) mass is 201 g/mol. The van der Waals surface area contributed by atoms with Gasteiger partial charge in [0, 0.05) is 19.3 Å². The van der Waals surface area contributed by atoms with Crippen LogP contribution in [-0.4, -0.2) is 22.9 Å². The fourth-order valence-electron chi connectivity index (χ4n) is 0.979. The van der Waals surface area contributed by atoms with Crippen molar-refractivity contribution < 1.29 is 0 Å². The van der Waals surface area contributed by atoms with Gasteiger partial charge in [0.2, 0.25) is 0 Å². The van der Waals surface area contributed by atoms with E-state index in [9.17, 15) is 0 Å². The first-order chi connectivity index (χ1) is 4.86. The van der Waals surface area contributed by atoms with Crippen molar-refractivity contribution >= 4 is 15.9 Å². The molecule has 0 radical (unpaired) electrons. The molecule has 1 fully saturated rings. The highest BCUT2D eigenvalue weighted by atomic mass is 79.9. The molecule has 2 rings (SSSR count). The summed E-state index contributed by atoms with van der Waals surface area (Å²) in [5.41, 5.74) is 0. The maximum absolute atomic E-state index is 4.23. The number of halogens is 1. The van der Waals surface area contributed by atoms with Gasteiger partial charge in [-0.05, 0) is 22.0 Å². The maximum atomic E-state index is 4.23. The summed E-state index contributed by atoms with van der Waals surface area (Å²) in [7, 11) is 0. The third-order valence-electron chi connectivity index (χ3n) is 1.71. The van der Waals surface area contributed by atoms with Crippen molar-refractivity contribution in [2.24, 2.45) is 0 Å². The van der Waals surface area contributed by atoms with Crippen LogP contribution in [0.3, 0.4) is 0 Å². The van der Waals surface area contributed by atoms with Crippen LogP contribution in [0.25, 0.3) is 0 Å². The van der Waals surface area contributed by atoms with E-state index in [0.717, 1.165) is 17.7 Å². The first-order valence-electron chi connectivity index (χ1n) is 3.27. The average Bonchev–Trinajstić information content (AvgIpc) is 2.10. The Morgan fingerprint density at radius 3 is 2.90 bits per heavy atom. The minimum atomic E-state index is 0.575. The lowest BCUT2D eigenvalue weighted by molar-refractivity contribution is 0.317. The van der Waals surface area contributed by atoms with Crippen LogP contribution in [0.5, 0.6) is 0 Å². The van der Waals surface area contributed by atoms with Crippen LogP contribution >= 0.6 is 15.9 Å². The third-order valence-corrected chi connectivity index (χ3v) is 2.13. The van der Waals surface area contributed by atoms with Crippen LogP contribution in [0.2, 0.25) is 0 Å². The molecule has 1 aliphatic heterocycles. The zero-order valence-electron chi connectivity index (χ0n) is 5.42. The molecule has 0 saturated carbocycles. The average molecular weight is 202 g/mol. The summed E-state index contributed by atoms with van der Waals surface area (Å²) < 4.78 is 2.90. The van der Waals surface area contributed by atoms with Gasteiger partial charge in [0.15, 0.2) is 0 Å². The summed E-state index contributed by atoms with van der Waals surface area (Å²) in [6.07, 6.45) is 2.00. The van der Waals surface area contributed by atoms with Crippen LogP contribution in [-0.2, 0) is 0 Å². The van der Waals surface area contributed by atoms with Gasteiger partial charge in [-0.2, -0.15) is 5.10 Å². The molecule has 10 heavy (non-hydrogen) atoms. The molecule has 3 nitrogen and oxygen atoms in total. The highest BCUT2D eigenvalue weighted by Crippen LogP contribution is 2.12. The van der Waals surface area contributed by atoms with Crippen molar-refractivity contribution in [3.63, 3.8) is 0 Å². The van der Waals surface area contributed by atoms with Gasteiger partial charge in [-0.3, -0.25) is 4.68 Å². The molecule has 0 unspecified atom stereocenters. The molecule has 0 atom stereocenters. The van der Waals surface area contributed by atoms with Crippen LogP contribution in [0.1, 0.15) is 6.04 Å². The maximum Gasteiger partial charge on any atom is 0.128 e. The van der Waals surface area contributed by atoms with E-state index in [1.165, 1.54) is 0 Å². The Kier molecular flexibility index (Phi) is 1.50. The van der Waals surface area contributed by atoms with Crippen molar-refractivity contribution in [2.75, 3.05) is 13.1 Å². The number of nitrogens with one attached hydrogen (secondary N) is 1. The van der Waals surface area contributed by atoms with Gasteiger partial charge in [0.1, 0.15) is 4.60 Å². The highest BCUT2D eigenvalue weighted by Gasteiger charge is 2.18. The van der Waals surface area contributed by atoms with E-state index in [4.69, 9.17) is 0 Å². The summed E-state index contributed by atoms with van der Waals surface area (Å²) in [6, 6.07) is 2.53. The van der Waals surface area contributed by atoms with Gasteiger partial charge in [-0.1, -0.05) is 0 Å². The standard InChI is InChI=1S/C6H8BrN3/c7-6-1-2-10(9-6)5-3-8-4-5/h1-2,5,8H,3-4H2. The minimum Gasteiger partial charge on any atom is -0.312 e. The summed E-state index contributed by atoms with van der Waals surface area (Å²) in [6.45, 7) is 2.10. The van der Waals surface area contributed by atoms with E-state index in [1.54, 1.807) is 0 Å². The van der Waals surface area contributed by atoms with Crippen LogP contribution in [0.15, 0.2) is 16.9 Å². The predicted octanol–water partition coefficient (Wildman–Crippen LogP) is 0.790. The number of nitrogens with zero attached hydrogens (tertiary/aromatic N) is 2. The zero-order valence-corrected chi connectivity index (χ0v) is 7.00. The van der Waals surface area contributed by atoms with Gasteiger partial charge in [0.05, 0.1) is 6.04 Å². The Bertz CT molecular complexity index is 229. The Balaban J connectivity index is 2.17. The van der Waals surface area contributed by atoms with Gasteiger partial charge in [-0.25, -0.2) is 0 Å². The van der Waals surface area contributed by atoms with Crippen molar-refractivity contribution in [2.45, 2.75) is 6.04 Å². The fraction of sp³-hybridized carbons (Fsp3) is 0.500. The molecule has 4 heteroatoms. The minimum absolute atomic E-state index is 0.575. The molecule has 1 N–H and O–H groups in total. The van der Waals surface area contributed by atoms with E-state index in [2.05, 4.69) is 26.3 Å². The summed E-state index contributed by atoms with van der Waals surface area (Å²) in [5, 5.41) is 7.42. The summed E-state index contributed by atoms with van der Waals surface area (Å²) >= 11 is 3.30. The largest absolute Gasteiger partial charge is 0.312 e. The van der Waals surface area contributed by atoms with Crippen LogP contribution in [0.4, 0.5) is 0 Å². The first-order valence-corrected chi connectivity index (χ1v) is 4.07. The smallest absolute Gasteiger partial charge is 0.128 e. The Morgan fingerprint density at radius 2 is 2.50 bits per heavy atom. The number of hydrogen-bond donors (Lipinski definition) is 1. The molecule has 0 bridgehead atoms. The Morgan fingerprint density at radius 1 is 1.70 bits per heavy atom. The van der Waals surface area contributed by atoms with E-state index >= 15 is 0 Å². The van der Waals surface area contributed by atoms with E-state index < -0.39 is 0 Å². The third kappa shape index (κ3) is 0.973. The molecule has 1 aromatic rings. The van der Waals surface area contributed by atoms with Gasteiger partial charge >= 0.3 is 0 Å². The molecule has 0 spiro atoms. The normalized spacial score (nSPS) is 18.9. The van der Waals surface area contributed by atoms with Gasteiger partial charge in [0.25, 0.3) is 0 Å². The molecule has 0 aliphatic carbocycles. The second kappa shape index (κ2) is 2.36. The second-order valence-corrected chi connectivity index (χ2v) is 3.24. The van der Waals surface area contributed by atoms with E-state index in [0.29, 0.717) is 6.04 Å². The number of hydrogen-bond acceptors (Lipinski definition) is 2. The van der Waals surface area contributed by atoms with E-state index in [1.807, 2.05) is 16.9 Å². The quantitative estimate of drug-likeness (QED) is 0.729. The molecule has 0 amide bonds. The molecular formula is C6H8BrN3. The predicted molar refractivity (Wildman–Crippen MR) is 41.8 cm³/mol. The van der Waals surface area contributed by atoms with Crippen molar-refractivity contribution in [3.05, 3.63) is 16.9 Å². The lowest BCUT2D eigenvalue weighted by Gasteiger charge is -2.27. The molecule has 54 valence electrons. The molecule has 1 aliphatic rings. The molecule has 2 heterocycles. The highest BCUT2D eigenvalue weighted by molar-refractivity contribution is 9.10. The van der Waals surface area contributed by atoms with Crippen LogP contribution < -0.4 is 5.32 Å². The Labute approximate surface area is 67.5 Å². The number of rotatable bonds is 1.